The molecule has 0 saturated heterocycles. The predicted octanol–water partition coefficient (Wildman–Crippen LogP) is 17.2. The highest BCUT2D eigenvalue weighted by Crippen LogP contribution is 2.43. The van der Waals surface area contributed by atoms with Crippen molar-refractivity contribution in [2.24, 2.45) is 0 Å². The highest BCUT2D eigenvalue weighted by Gasteiger charge is 2.21. The van der Waals surface area contributed by atoms with Gasteiger partial charge < -0.3 is 4.57 Å². The molecular formula is C61H44N6S2. The molecule has 5 heterocycles. The van der Waals surface area contributed by atoms with Crippen molar-refractivity contribution in [3.05, 3.63) is 219 Å². The van der Waals surface area contributed by atoms with Crippen LogP contribution in [0.2, 0.25) is 0 Å². The lowest BCUT2D eigenvalue weighted by Crippen LogP contribution is -2.00. The van der Waals surface area contributed by atoms with Crippen LogP contribution in [0.1, 0.15) is 13.8 Å². The molecule has 0 amide bonds. The number of nitrogens with zero attached hydrogens (tertiary/aromatic N) is 6. The summed E-state index contributed by atoms with van der Waals surface area (Å²) in [5.41, 5.74) is 10.1. The Labute approximate surface area is 407 Å². The van der Waals surface area contributed by atoms with Crippen molar-refractivity contribution in [1.29, 1.82) is 0 Å². The van der Waals surface area contributed by atoms with Gasteiger partial charge in [0.1, 0.15) is 0 Å². The van der Waals surface area contributed by atoms with Crippen LogP contribution in [-0.2, 0) is 0 Å². The number of hydrogen-bond acceptors (Lipinski definition) is 7. The van der Waals surface area contributed by atoms with Crippen LogP contribution in [0, 0.1) is 0 Å². The van der Waals surface area contributed by atoms with Crippen molar-refractivity contribution < 1.29 is 0 Å². The maximum atomic E-state index is 5.31. The Hall–Kier alpha value is -8.43. The van der Waals surface area contributed by atoms with Gasteiger partial charge in [-0.25, -0.2) is 24.9 Å². The van der Waals surface area contributed by atoms with Crippen LogP contribution in [0.15, 0.2) is 219 Å². The molecule has 0 aliphatic heterocycles. The highest BCUT2D eigenvalue weighted by atomic mass is 32.1. The minimum Gasteiger partial charge on any atom is -0.309 e. The predicted molar refractivity (Wildman–Crippen MR) is 294 cm³/mol. The number of thiophene rings is 2. The van der Waals surface area contributed by atoms with Crippen molar-refractivity contribution in [2.75, 3.05) is 0 Å². The normalized spacial score (nSPS) is 11.2. The van der Waals surface area contributed by atoms with Gasteiger partial charge in [0, 0.05) is 74.5 Å². The molecule has 0 N–H and O–H groups in total. The minimum atomic E-state index is 0.618. The smallest absolute Gasteiger partial charge is 0.164 e. The molecule has 0 radical (unpaired) electrons. The molecule has 0 unspecified atom stereocenters. The Morgan fingerprint density at radius 2 is 0.957 bits per heavy atom. The third-order valence-electron chi connectivity index (χ3n) is 11.9. The summed E-state index contributed by atoms with van der Waals surface area (Å²) >= 11 is 3.52. The van der Waals surface area contributed by atoms with Crippen molar-refractivity contribution in [1.82, 2.24) is 29.5 Å². The van der Waals surface area contributed by atoms with Crippen LogP contribution >= 0.6 is 22.7 Å². The van der Waals surface area contributed by atoms with E-state index in [9.17, 15) is 0 Å². The monoisotopic (exact) mass is 924 g/mol. The standard InChI is InChI=1S/C55H32N6S2.2C3H6/c1-4-15-33(16-5-1)49-51-50(41-22-11-13-25-45(41)63-51)57-53(56-49)36-28-30-40-47(32-36)62-46-26-14-23-42(48(40)46)55-59-52(34-17-6-2-7-18-34)58-54(60-55)35-27-29-39-38-21-10-12-24-43(38)61(44(39)31-35)37-19-8-3-9-20-37;2*1-3-2/h1-32H;2*3H,1H2,2H3. The van der Waals surface area contributed by atoms with E-state index in [1.54, 1.807) is 34.8 Å². The fourth-order valence-corrected chi connectivity index (χ4v) is 11.3. The van der Waals surface area contributed by atoms with Gasteiger partial charge in [0.15, 0.2) is 23.3 Å². The van der Waals surface area contributed by atoms with Crippen molar-refractivity contribution in [3.8, 4) is 62.5 Å². The molecule has 8 heteroatoms. The van der Waals surface area contributed by atoms with Crippen molar-refractivity contribution in [2.45, 2.75) is 13.8 Å². The van der Waals surface area contributed by atoms with Gasteiger partial charge in [-0.1, -0.05) is 164 Å². The number of fused-ring (bicyclic) bond motifs is 9. The van der Waals surface area contributed by atoms with Gasteiger partial charge in [-0.2, -0.15) is 0 Å². The fourth-order valence-electron chi connectivity index (χ4n) is 8.97. The van der Waals surface area contributed by atoms with E-state index < -0.39 is 0 Å². The van der Waals surface area contributed by atoms with E-state index in [-0.39, 0.29) is 0 Å². The lowest BCUT2D eigenvalue weighted by Gasteiger charge is -2.11. The summed E-state index contributed by atoms with van der Waals surface area (Å²) in [6, 6.07) is 67.8. The van der Waals surface area contributed by atoms with E-state index in [1.165, 1.54) is 15.5 Å². The van der Waals surface area contributed by atoms with E-state index in [0.29, 0.717) is 23.3 Å². The fraction of sp³-hybridized carbons (Fsp3) is 0.0328. The summed E-state index contributed by atoms with van der Waals surface area (Å²) in [4.78, 5) is 26.2. The lowest BCUT2D eigenvalue weighted by molar-refractivity contribution is 1.08. The zero-order valence-corrected chi connectivity index (χ0v) is 39.7. The average molecular weight is 925 g/mol. The van der Waals surface area contributed by atoms with Crippen LogP contribution in [0.4, 0.5) is 0 Å². The molecule has 0 saturated carbocycles. The van der Waals surface area contributed by atoms with Crippen molar-refractivity contribution in [3.63, 3.8) is 0 Å². The molecule has 6 nitrogen and oxygen atoms in total. The molecule has 8 aromatic carbocycles. The maximum Gasteiger partial charge on any atom is 0.164 e. The second-order valence-corrected chi connectivity index (χ2v) is 18.6. The zero-order chi connectivity index (χ0) is 46.8. The van der Waals surface area contributed by atoms with Gasteiger partial charge in [0.25, 0.3) is 0 Å². The van der Waals surface area contributed by atoms with E-state index >= 15 is 0 Å². The third kappa shape index (κ3) is 7.95. The highest BCUT2D eigenvalue weighted by molar-refractivity contribution is 7.26. The molecular weight excluding hydrogens is 881 g/mol. The van der Waals surface area contributed by atoms with Gasteiger partial charge in [-0.05, 0) is 56.3 Å². The molecule has 0 aliphatic carbocycles. The van der Waals surface area contributed by atoms with E-state index in [0.717, 1.165) is 86.0 Å². The molecule has 5 aromatic heterocycles. The molecule has 69 heavy (non-hydrogen) atoms. The largest absolute Gasteiger partial charge is 0.309 e. The summed E-state index contributed by atoms with van der Waals surface area (Å²) in [6.07, 6.45) is 3.50. The SMILES string of the molecule is C=CC.C=CC.c1ccc(-c2nc(-c3ccc4c5ccccc5n(-c5ccccc5)c4c3)nc(-c3cccc4sc5cc(-c6nc(-c7ccccc7)c7sc8ccccc8c7n6)ccc5c34)n2)cc1. The summed E-state index contributed by atoms with van der Waals surface area (Å²) in [5.74, 6) is 2.58. The van der Waals surface area contributed by atoms with E-state index in [4.69, 9.17) is 24.9 Å². The van der Waals surface area contributed by atoms with Crippen LogP contribution < -0.4 is 0 Å². The Morgan fingerprint density at radius 3 is 1.70 bits per heavy atom. The zero-order valence-electron chi connectivity index (χ0n) is 38.0. The summed E-state index contributed by atoms with van der Waals surface area (Å²) < 4.78 is 6.93. The molecule has 13 aromatic rings. The van der Waals surface area contributed by atoms with E-state index in [2.05, 4.69) is 188 Å². The molecule has 0 bridgehead atoms. The lowest BCUT2D eigenvalue weighted by atomic mass is 10.0. The first-order valence-electron chi connectivity index (χ1n) is 22.8. The van der Waals surface area contributed by atoms with Crippen LogP contribution in [0.5, 0.6) is 0 Å². The topological polar surface area (TPSA) is 69.4 Å². The number of benzene rings is 8. The molecule has 13 rings (SSSR count). The summed E-state index contributed by atoms with van der Waals surface area (Å²) in [7, 11) is 0. The Morgan fingerprint density at radius 1 is 0.406 bits per heavy atom. The first-order valence-corrected chi connectivity index (χ1v) is 24.4. The Bertz CT molecular complexity index is 4020. The molecule has 0 atom stereocenters. The Balaban J connectivity index is 0.000000827. The molecule has 0 aliphatic rings. The first kappa shape index (κ1) is 43.2. The third-order valence-corrected chi connectivity index (χ3v) is 14.2. The summed E-state index contributed by atoms with van der Waals surface area (Å²) in [5, 5.41) is 5.78. The van der Waals surface area contributed by atoms with Crippen LogP contribution in [-0.4, -0.2) is 29.5 Å². The summed E-state index contributed by atoms with van der Waals surface area (Å²) in [6.45, 7) is 10.5. The molecule has 0 spiro atoms. The van der Waals surface area contributed by atoms with Gasteiger partial charge >= 0.3 is 0 Å². The number of para-hydroxylation sites is 2. The van der Waals surface area contributed by atoms with Crippen LogP contribution in [0.25, 0.3) is 125 Å². The van der Waals surface area contributed by atoms with Gasteiger partial charge in [-0.3, -0.25) is 0 Å². The average Bonchev–Trinajstić information content (AvgIpc) is 4.09. The Kier molecular flexibility index (Phi) is 11.7. The van der Waals surface area contributed by atoms with Crippen LogP contribution in [0.3, 0.4) is 0 Å². The van der Waals surface area contributed by atoms with Gasteiger partial charge in [0.05, 0.1) is 26.9 Å². The van der Waals surface area contributed by atoms with Gasteiger partial charge in [-0.15, -0.1) is 35.8 Å². The number of rotatable bonds is 6. The second kappa shape index (κ2) is 18.7. The number of allylic oxidation sites excluding steroid dienone is 2. The number of aromatic nitrogens is 6. The quantitative estimate of drug-likeness (QED) is 0.155. The van der Waals surface area contributed by atoms with E-state index in [1.807, 2.05) is 38.1 Å². The molecule has 330 valence electrons. The minimum absolute atomic E-state index is 0.618. The maximum absolute atomic E-state index is 5.31. The first-order chi connectivity index (χ1) is 34.0. The van der Waals surface area contributed by atoms with Gasteiger partial charge in [0.2, 0.25) is 0 Å². The molecule has 0 fully saturated rings. The number of hydrogen-bond donors (Lipinski definition) is 0. The second-order valence-electron chi connectivity index (χ2n) is 16.4. The van der Waals surface area contributed by atoms with Crippen molar-refractivity contribution >= 4 is 85.0 Å².